The number of nitrogens with zero attached hydrogens (tertiary/aromatic N) is 8. The van der Waals surface area contributed by atoms with Gasteiger partial charge in [-0.2, -0.15) is 0 Å². The van der Waals surface area contributed by atoms with Gasteiger partial charge < -0.3 is 18.6 Å². The van der Waals surface area contributed by atoms with Crippen LogP contribution in [0.5, 0.6) is 0 Å². The molecule has 0 saturated carbocycles. The van der Waals surface area contributed by atoms with E-state index in [-0.39, 0.29) is 0 Å². The molecule has 18 aromatic carbocycles. The van der Waals surface area contributed by atoms with E-state index in [4.69, 9.17) is 38.7 Å². The van der Waals surface area contributed by atoms with Gasteiger partial charge in [-0.15, -0.1) is 0 Å². The number of anilines is 6. The van der Waals surface area contributed by atoms with Gasteiger partial charge in [0.05, 0.1) is 33.6 Å². The maximum Gasteiger partial charge on any atom is 0.164 e. The normalized spacial score (nSPS) is 12.9. The highest BCUT2D eigenvalue weighted by Crippen LogP contribution is 2.62. The number of benzene rings is 18. The average molecular weight is 1630 g/mol. The van der Waals surface area contributed by atoms with Crippen LogP contribution in [0.1, 0.15) is 50.1 Å². The number of fused-ring (bicyclic) bond motifs is 10. The Bertz CT molecular complexity index is 7670. The molecule has 0 radical (unpaired) electrons. The number of furan rings is 2. The first kappa shape index (κ1) is 75.2. The quantitative estimate of drug-likeness (QED) is 0.104. The smallest absolute Gasteiger partial charge is 0.164 e. The molecule has 0 saturated heterocycles. The molecule has 127 heavy (non-hydrogen) atoms. The van der Waals surface area contributed by atoms with E-state index in [1.807, 2.05) is 133 Å². The van der Waals surface area contributed by atoms with Crippen LogP contribution < -0.4 is 9.80 Å². The molecule has 4 aromatic heterocycles. The lowest BCUT2D eigenvalue weighted by Crippen LogP contribution is -2.38. The van der Waals surface area contributed by atoms with Crippen LogP contribution in [0, 0.1) is 6.92 Å². The van der Waals surface area contributed by atoms with Crippen LogP contribution in [-0.2, 0) is 10.8 Å². The van der Waals surface area contributed by atoms with Crippen molar-refractivity contribution in [2.75, 3.05) is 9.80 Å². The molecule has 6 heterocycles. The van der Waals surface area contributed by atoms with E-state index in [2.05, 4.69) is 338 Å². The molecule has 0 N–H and O–H groups in total. The minimum Gasteiger partial charge on any atom is -0.456 e. The van der Waals surface area contributed by atoms with Gasteiger partial charge in [-0.05, 0) is 153 Å². The highest BCUT2D eigenvalue weighted by molar-refractivity contribution is 6.09. The molecule has 10 heteroatoms. The van der Waals surface area contributed by atoms with E-state index in [0.29, 0.717) is 34.9 Å². The van der Waals surface area contributed by atoms with Crippen molar-refractivity contribution in [1.29, 1.82) is 0 Å². The van der Waals surface area contributed by atoms with Crippen LogP contribution in [0.4, 0.5) is 34.1 Å². The molecule has 0 spiro atoms. The van der Waals surface area contributed by atoms with Crippen molar-refractivity contribution in [1.82, 2.24) is 29.9 Å². The van der Waals surface area contributed by atoms with E-state index >= 15 is 0 Å². The van der Waals surface area contributed by atoms with Gasteiger partial charge in [-0.1, -0.05) is 370 Å². The summed E-state index contributed by atoms with van der Waals surface area (Å²) in [5, 5.41) is 4.41. The lowest BCUT2D eigenvalue weighted by Gasteiger charge is -2.46. The second-order valence-corrected chi connectivity index (χ2v) is 32.3. The molecule has 0 fully saturated rings. The van der Waals surface area contributed by atoms with Gasteiger partial charge in [0.15, 0.2) is 34.9 Å². The van der Waals surface area contributed by atoms with Crippen molar-refractivity contribution < 1.29 is 8.83 Å². The minimum atomic E-state index is -0.760. The molecule has 22 aromatic rings. The molecule has 0 bridgehead atoms. The Balaban J connectivity index is 0.000000146. The summed E-state index contributed by atoms with van der Waals surface area (Å²) in [6.45, 7) is 2.23. The number of rotatable bonds is 14. The Kier molecular flexibility index (Phi) is 18.7. The fourth-order valence-electron chi connectivity index (χ4n) is 19.4. The van der Waals surface area contributed by atoms with Gasteiger partial charge in [-0.25, -0.2) is 29.9 Å². The zero-order valence-electron chi connectivity index (χ0n) is 69.2. The molecule has 598 valence electrons. The molecule has 2 aliphatic rings. The first-order chi connectivity index (χ1) is 62.9. The summed E-state index contributed by atoms with van der Waals surface area (Å²) in [4.78, 5) is 34.7. The van der Waals surface area contributed by atoms with Crippen LogP contribution in [0.25, 0.3) is 134 Å². The minimum absolute atomic E-state index is 0.616. The number of aryl methyl sites for hydroxylation is 1. The largest absolute Gasteiger partial charge is 0.456 e. The second-order valence-electron chi connectivity index (χ2n) is 32.3. The van der Waals surface area contributed by atoms with Crippen molar-refractivity contribution in [3.8, 4) is 90.6 Å². The first-order valence-electron chi connectivity index (χ1n) is 43.0. The predicted octanol–water partition coefficient (Wildman–Crippen LogP) is 29.5. The Labute approximate surface area is 735 Å². The second kappa shape index (κ2) is 31.6. The van der Waals surface area contributed by atoms with Gasteiger partial charge >= 0.3 is 0 Å². The van der Waals surface area contributed by atoms with Crippen molar-refractivity contribution in [2.24, 2.45) is 0 Å². The van der Waals surface area contributed by atoms with E-state index in [9.17, 15) is 0 Å². The molecule has 0 unspecified atom stereocenters. The Morgan fingerprint density at radius 3 is 0.819 bits per heavy atom. The maximum absolute atomic E-state index is 6.95. The van der Waals surface area contributed by atoms with Crippen molar-refractivity contribution >= 4 is 78.0 Å². The summed E-state index contributed by atoms with van der Waals surface area (Å²) in [6.07, 6.45) is 0. The fourth-order valence-corrected chi connectivity index (χ4v) is 19.4. The van der Waals surface area contributed by atoms with Crippen molar-refractivity contribution in [3.05, 3.63) is 505 Å². The topological polar surface area (TPSA) is 110 Å². The van der Waals surface area contributed by atoms with Gasteiger partial charge in [-0.3, -0.25) is 0 Å². The fraction of sp³-hybridized carbons (Fsp3) is 0.0256. The van der Waals surface area contributed by atoms with Crippen LogP contribution in [0.15, 0.2) is 464 Å². The molecule has 0 atom stereocenters. The number of hydrogen-bond donors (Lipinski definition) is 0. The van der Waals surface area contributed by atoms with Crippen molar-refractivity contribution in [2.45, 2.75) is 17.8 Å². The molecular formula is C117H78N8O2. The zero-order chi connectivity index (χ0) is 84.4. The van der Waals surface area contributed by atoms with Crippen LogP contribution in [0.3, 0.4) is 0 Å². The number of aromatic nitrogens is 6. The van der Waals surface area contributed by atoms with E-state index in [1.165, 1.54) is 33.4 Å². The van der Waals surface area contributed by atoms with Crippen LogP contribution in [-0.4, -0.2) is 29.9 Å². The number of para-hydroxylation sites is 8. The van der Waals surface area contributed by atoms with E-state index in [0.717, 1.165) is 150 Å². The third kappa shape index (κ3) is 12.9. The summed E-state index contributed by atoms with van der Waals surface area (Å²) >= 11 is 0. The third-order valence-corrected chi connectivity index (χ3v) is 25.1. The SMILES string of the molecule is Cc1cc(C2(c3cccc4c3oc3ccccc34)c3ccccc3N(c3ccc(-c4nc(-c5ccccc5)nc(-c5ccccc5)n4)cc3)c3ccccc32)ccc1-c1ccccc1.c1ccc(-c2ccc(C3(c4cccc5c4oc4ccccc45)c4ccccc4N(c4ccc(-c5nc(-c6ccccc6)nc(-c6ccccc6)n5)cc4)c4ccccc43)cc2)cc1. The van der Waals surface area contributed by atoms with Gasteiger partial charge in [0.1, 0.15) is 22.3 Å². The zero-order valence-corrected chi connectivity index (χ0v) is 69.2. The Morgan fingerprint density at radius 2 is 0.465 bits per heavy atom. The third-order valence-electron chi connectivity index (χ3n) is 25.1. The molecule has 24 rings (SSSR count). The average Bonchev–Trinajstić information content (AvgIpc) is 1.02. The highest BCUT2D eigenvalue weighted by Gasteiger charge is 2.50. The van der Waals surface area contributed by atoms with Crippen LogP contribution >= 0.6 is 0 Å². The summed E-state index contributed by atoms with van der Waals surface area (Å²) in [7, 11) is 0. The van der Waals surface area contributed by atoms with Gasteiger partial charge in [0, 0.05) is 77.4 Å². The molecule has 2 aliphatic heterocycles. The molecule has 0 aliphatic carbocycles. The summed E-state index contributed by atoms with van der Waals surface area (Å²) in [5.74, 6) is 3.77. The standard InChI is InChI=1S/C59H40N4O.C58H38N4O/c1-39-38-44(34-37-46(39)40-18-5-2-6-19-40)59(51-28-17-25-48-47-24-11-16-31-54(47)64-55(48)51)49-26-12-14-29-52(49)63(53-30-15-13-27-50(53)59)45-35-32-43(33-36-45)58-61-56(41-20-7-3-8-21-41)60-57(62-58)42-22-9-4-10-23-42;1-4-17-39(18-5-1)40-31-35-44(36-32-40)58(50-27-16-24-47-46-23-10-15-30-53(46)63-54(47)50)48-25-11-13-28-51(48)62(52-29-14-12-26-49(52)58)45-37-33-43(34-38-45)57-60-55(41-19-6-2-7-20-41)59-56(61-57)42-21-8-3-9-22-42/h2-38H,1H3;1-38H. The Hall–Kier alpha value is -16.8. The first-order valence-corrected chi connectivity index (χ1v) is 43.0. The summed E-state index contributed by atoms with van der Waals surface area (Å²) in [5.41, 5.74) is 29.1. The highest BCUT2D eigenvalue weighted by atomic mass is 16.3. The maximum atomic E-state index is 6.95. The van der Waals surface area contributed by atoms with Crippen LogP contribution in [0.2, 0.25) is 0 Å². The van der Waals surface area contributed by atoms with E-state index < -0.39 is 10.8 Å². The van der Waals surface area contributed by atoms with Gasteiger partial charge in [0.25, 0.3) is 0 Å². The summed E-state index contributed by atoms with van der Waals surface area (Å²) in [6, 6.07) is 160. The number of hydrogen-bond acceptors (Lipinski definition) is 10. The van der Waals surface area contributed by atoms with Gasteiger partial charge in [0.2, 0.25) is 0 Å². The molecule has 0 amide bonds. The molecule has 10 nitrogen and oxygen atoms in total. The lowest BCUT2D eigenvalue weighted by atomic mass is 9.62. The molecular weight excluding hydrogens is 1550 g/mol. The van der Waals surface area contributed by atoms with E-state index in [1.54, 1.807) is 0 Å². The summed E-state index contributed by atoms with van der Waals surface area (Å²) < 4.78 is 13.9. The Morgan fingerprint density at radius 1 is 0.205 bits per heavy atom. The lowest BCUT2D eigenvalue weighted by molar-refractivity contribution is 0.643. The predicted molar refractivity (Wildman–Crippen MR) is 516 cm³/mol. The monoisotopic (exact) mass is 1630 g/mol. The van der Waals surface area contributed by atoms with Crippen molar-refractivity contribution in [3.63, 3.8) is 0 Å².